The Kier molecular flexibility index (Phi) is 5.02. The molecular formula is C15H24FN3. The highest BCUT2D eigenvalue weighted by molar-refractivity contribution is 5.65. The second kappa shape index (κ2) is 6.75. The molecule has 1 atom stereocenters. The fourth-order valence-corrected chi connectivity index (χ4v) is 2.68. The summed E-state index contributed by atoms with van der Waals surface area (Å²) in [4.78, 5) is 2.54. The predicted octanol–water partition coefficient (Wildman–Crippen LogP) is 3.08. The molecule has 1 aliphatic heterocycles. The first kappa shape index (κ1) is 14.1. The van der Waals surface area contributed by atoms with Gasteiger partial charge in [0.1, 0.15) is 5.82 Å². The third-order valence-electron chi connectivity index (χ3n) is 3.89. The molecule has 3 nitrogen and oxygen atoms in total. The van der Waals surface area contributed by atoms with Crippen LogP contribution in [0, 0.1) is 5.82 Å². The van der Waals surface area contributed by atoms with Crippen LogP contribution in [0.15, 0.2) is 18.2 Å². The molecule has 0 bridgehead atoms. The van der Waals surface area contributed by atoms with Crippen molar-refractivity contribution in [1.29, 1.82) is 0 Å². The summed E-state index contributed by atoms with van der Waals surface area (Å²) in [5.41, 5.74) is 7.10. The molecule has 106 valence electrons. The van der Waals surface area contributed by atoms with Crippen molar-refractivity contribution < 1.29 is 4.39 Å². The molecule has 0 saturated carbocycles. The molecule has 1 aliphatic rings. The topological polar surface area (TPSA) is 41.3 Å². The van der Waals surface area contributed by atoms with Crippen molar-refractivity contribution in [1.82, 2.24) is 4.90 Å². The minimum Gasteiger partial charge on any atom is -0.397 e. The van der Waals surface area contributed by atoms with Crippen LogP contribution in [-0.2, 0) is 0 Å². The number of nitrogen functional groups attached to an aromatic ring is 1. The van der Waals surface area contributed by atoms with Gasteiger partial charge in [0.2, 0.25) is 0 Å². The van der Waals surface area contributed by atoms with Gasteiger partial charge in [-0.3, -0.25) is 0 Å². The number of hydrogen-bond donors (Lipinski definition) is 2. The van der Waals surface area contributed by atoms with E-state index in [0.29, 0.717) is 17.4 Å². The van der Waals surface area contributed by atoms with Crippen molar-refractivity contribution >= 4 is 11.4 Å². The van der Waals surface area contributed by atoms with E-state index in [1.807, 2.05) is 0 Å². The number of likely N-dealkylation sites (tertiary alicyclic amines) is 1. The average molecular weight is 265 g/mol. The van der Waals surface area contributed by atoms with Crippen molar-refractivity contribution in [2.24, 2.45) is 0 Å². The van der Waals surface area contributed by atoms with Crippen LogP contribution >= 0.6 is 0 Å². The van der Waals surface area contributed by atoms with E-state index in [2.05, 4.69) is 17.1 Å². The van der Waals surface area contributed by atoms with E-state index in [-0.39, 0.29) is 5.82 Å². The Bertz CT molecular complexity index is 408. The smallest absolute Gasteiger partial charge is 0.125 e. The van der Waals surface area contributed by atoms with E-state index >= 15 is 0 Å². The standard InChI is InChI=1S/C15H24FN3/c1-12-5-2-3-9-19(12)10-4-8-18-15-11-13(16)6-7-14(15)17/h6-7,11-12,18H,2-5,8-10,17H2,1H3. The van der Waals surface area contributed by atoms with E-state index in [9.17, 15) is 4.39 Å². The fourth-order valence-electron chi connectivity index (χ4n) is 2.68. The summed E-state index contributed by atoms with van der Waals surface area (Å²) in [6, 6.07) is 5.15. The summed E-state index contributed by atoms with van der Waals surface area (Å²) in [7, 11) is 0. The molecule has 1 saturated heterocycles. The highest BCUT2D eigenvalue weighted by Gasteiger charge is 2.16. The Hall–Kier alpha value is -1.29. The Balaban J connectivity index is 1.73. The van der Waals surface area contributed by atoms with Crippen LogP contribution < -0.4 is 11.1 Å². The second-order valence-electron chi connectivity index (χ2n) is 5.39. The molecule has 0 spiro atoms. The van der Waals surface area contributed by atoms with Crippen LogP contribution in [0.5, 0.6) is 0 Å². The lowest BCUT2D eigenvalue weighted by atomic mass is 10.0. The maximum atomic E-state index is 13.1. The average Bonchev–Trinajstić information content (AvgIpc) is 2.40. The summed E-state index contributed by atoms with van der Waals surface area (Å²) in [5.74, 6) is -0.249. The van der Waals surface area contributed by atoms with Crippen LogP contribution in [0.1, 0.15) is 32.6 Å². The molecule has 0 aliphatic carbocycles. The number of benzene rings is 1. The number of anilines is 2. The van der Waals surface area contributed by atoms with Crippen molar-refractivity contribution in [2.45, 2.75) is 38.6 Å². The van der Waals surface area contributed by atoms with Gasteiger partial charge in [0.25, 0.3) is 0 Å². The van der Waals surface area contributed by atoms with Gasteiger partial charge in [-0.25, -0.2) is 4.39 Å². The Morgan fingerprint density at radius 1 is 1.42 bits per heavy atom. The number of hydrogen-bond acceptors (Lipinski definition) is 3. The molecule has 3 N–H and O–H groups in total. The lowest BCUT2D eigenvalue weighted by molar-refractivity contribution is 0.160. The van der Waals surface area contributed by atoms with E-state index in [1.54, 1.807) is 6.07 Å². The van der Waals surface area contributed by atoms with Crippen molar-refractivity contribution in [3.05, 3.63) is 24.0 Å². The Morgan fingerprint density at radius 2 is 2.26 bits per heavy atom. The molecule has 0 radical (unpaired) electrons. The van der Waals surface area contributed by atoms with Crippen LogP contribution in [0.3, 0.4) is 0 Å². The zero-order valence-electron chi connectivity index (χ0n) is 11.7. The van der Waals surface area contributed by atoms with Crippen LogP contribution in [-0.4, -0.2) is 30.6 Å². The first-order chi connectivity index (χ1) is 9.16. The fraction of sp³-hybridized carbons (Fsp3) is 0.600. The minimum atomic E-state index is -0.249. The van der Waals surface area contributed by atoms with Crippen molar-refractivity contribution in [2.75, 3.05) is 30.7 Å². The van der Waals surface area contributed by atoms with Gasteiger partial charge in [0.15, 0.2) is 0 Å². The minimum absolute atomic E-state index is 0.249. The van der Waals surface area contributed by atoms with E-state index in [0.717, 1.165) is 19.5 Å². The summed E-state index contributed by atoms with van der Waals surface area (Å²) in [5, 5.41) is 3.22. The molecular weight excluding hydrogens is 241 g/mol. The molecule has 1 aromatic carbocycles. The zero-order chi connectivity index (χ0) is 13.7. The summed E-state index contributed by atoms with van der Waals surface area (Å²) >= 11 is 0. The first-order valence-corrected chi connectivity index (χ1v) is 7.20. The highest BCUT2D eigenvalue weighted by Crippen LogP contribution is 2.19. The summed E-state index contributed by atoms with van der Waals surface area (Å²) in [6.07, 6.45) is 5.04. The lowest BCUT2D eigenvalue weighted by Crippen LogP contribution is -2.38. The lowest BCUT2D eigenvalue weighted by Gasteiger charge is -2.33. The van der Waals surface area contributed by atoms with Crippen molar-refractivity contribution in [3.8, 4) is 0 Å². The highest BCUT2D eigenvalue weighted by atomic mass is 19.1. The van der Waals surface area contributed by atoms with Gasteiger partial charge in [-0.2, -0.15) is 0 Å². The quantitative estimate of drug-likeness (QED) is 0.635. The normalized spacial score (nSPS) is 20.4. The molecule has 1 aromatic rings. The van der Waals surface area contributed by atoms with Crippen LogP contribution in [0.2, 0.25) is 0 Å². The largest absolute Gasteiger partial charge is 0.397 e. The number of halogens is 1. The molecule has 1 fully saturated rings. The molecule has 1 unspecified atom stereocenters. The first-order valence-electron chi connectivity index (χ1n) is 7.20. The van der Waals surface area contributed by atoms with Crippen LogP contribution in [0.4, 0.5) is 15.8 Å². The van der Waals surface area contributed by atoms with Gasteiger partial charge in [-0.05, 0) is 50.9 Å². The number of piperidine rings is 1. The number of rotatable bonds is 5. The molecule has 4 heteroatoms. The molecule has 0 aromatic heterocycles. The third-order valence-corrected chi connectivity index (χ3v) is 3.89. The van der Waals surface area contributed by atoms with Gasteiger partial charge >= 0.3 is 0 Å². The SMILES string of the molecule is CC1CCCCN1CCCNc1cc(F)ccc1N. The molecule has 19 heavy (non-hydrogen) atoms. The molecule has 1 heterocycles. The van der Waals surface area contributed by atoms with E-state index in [1.165, 1.54) is 37.9 Å². The number of nitrogens with zero attached hydrogens (tertiary/aromatic N) is 1. The Morgan fingerprint density at radius 3 is 3.05 bits per heavy atom. The van der Waals surface area contributed by atoms with Gasteiger partial charge in [0.05, 0.1) is 11.4 Å². The van der Waals surface area contributed by atoms with Gasteiger partial charge < -0.3 is 16.0 Å². The Labute approximate surface area is 115 Å². The second-order valence-corrected chi connectivity index (χ2v) is 5.39. The van der Waals surface area contributed by atoms with Gasteiger partial charge in [-0.1, -0.05) is 6.42 Å². The van der Waals surface area contributed by atoms with Crippen LogP contribution in [0.25, 0.3) is 0 Å². The predicted molar refractivity (Wildman–Crippen MR) is 78.8 cm³/mol. The molecule has 0 amide bonds. The van der Waals surface area contributed by atoms with E-state index < -0.39 is 0 Å². The summed E-state index contributed by atoms with van der Waals surface area (Å²) < 4.78 is 13.1. The zero-order valence-corrected chi connectivity index (χ0v) is 11.7. The third kappa shape index (κ3) is 4.10. The molecule has 2 rings (SSSR count). The van der Waals surface area contributed by atoms with E-state index in [4.69, 9.17) is 5.73 Å². The van der Waals surface area contributed by atoms with Gasteiger partial charge in [-0.15, -0.1) is 0 Å². The van der Waals surface area contributed by atoms with Gasteiger partial charge in [0, 0.05) is 19.1 Å². The maximum absolute atomic E-state index is 13.1. The monoisotopic (exact) mass is 265 g/mol. The summed E-state index contributed by atoms with van der Waals surface area (Å²) in [6.45, 7) is 5.45. The maximum Gasteiger partial charge on any atom is 0.125 e. The number of nitrogens with one attached hydrogen (secondary N) is 1. The number of nitrogens with two attached hydrogens (primary N) is 1. The van der Waals surface area contributed by atoms with Crippen molar-refractivity contribution in [3.63, 3.8) is 0 Å².